The van der Waals surface area contributed by atoms with Gasteiger partial charge in [0, 0.05) is 4.90 Å². The standard InChI is InChI=1S/C23H31N3O5S/c1-15-9-11-23(12-10-15)20(29)26(21(30)24-23)25-18(27)13-31-19(28)14-32-17-7-5-16(6-8-17)22(2,3)4/h5-8,15H,9-14H2,1-4H3,(H,24,30)(H,25,27). The summed E-state index contributed by atoms with van der Waals surface area (Å²) < 4.78 is 4.99. The molecule has 4 amide bonds. The van der Waals surface area contributed by atoms with Gasteiger partial charge in [-0.05, 0) is 54.7 Å². The second kappa shape index (κ2) is 9.52. The van der Waals surface area contributed by atoms with E-state index in [1.165, 1.54) is 17.3 Å². The Labute approximate surface area is 192 Å². The van der Waals surface area contributed by atoms with Crippen LogP contribution in [0.1, 0.15) is 58.9 Å². The van der Waals surface area contributed by atoms with Gasteiger partial charge in [-0.25, -0.2) is 4.79 Å². The van der Waals surface area contributed by atoms with Gasteiger partial charge in [-0.15, -0.1) is 11.8 Å². The van der Waals surface area contributed by atoms with Crippen molar-refractivity contribution in [3.05, 3.63) is 29.8 Å². The molecule has 1 aromatic rings. The summed E-state index contributed by atoms with van der Waals surface area (Å²) in [7, 11) is 0. The van der Waals surface area contributed by atoms with Gasteiger partial charge in [0.2, 0.25) is 0 Å². The van der Waals surface area contributed by atoms with Crippen LogP contribution in [-0.4, -0.2) is 46.7 Å². The van der Waals surface area contributed by atoms with Crippen molar-refractivity contribution in [1.82, 2.24) is 15.8 Å². The van der Waals surface area contributed by atoms with Crippen molar-refractivity contribution in [2.75, 3.05) is 12.4 Å². The summed E-state index contributed by atoms with van der Waals surface area (Å²) in [6, 6.07) is 7.30. The van der Waals surface area contributed by atoms with Crippen LogP contribution in [-0.2, 0) is 24.5 Å². The maximum Gasteiger partial charge on any atom is 0.344 e. The molecule has 1 spiro atoms. The molecule has 1 aliphatic carbocycles. The maximum atomic E-state index is 12.7. The molecule has 0 unspecified atom stereocenters. The third-order valence-corrected chi connectivity index (χ3v) is 6.95. The Morgan fingerprint density at radius 1 is 1.19 bits per heavy atom. The maximum absolute atomic E-state index is 12.7. The number of benzene rings is 1. The number of nitrogens with one attached hydrogen (secondary N) is 2. The van der Waals surface area contributed by atoms with Crippen LogP contribution < -0.4 is 10.7 Å². The Balaban J connectivity index is 1.43. The molecule has 0 atom stereocenters. The molecule has 2 fully saturated rings. The van der Waals surface area contributed by atoms with Gasteiger partial charge in [0.25, 0.3) is 11.8 Å². The zero-order valence-corrected chi connectivity index (χ0v) is 19.8. The summed E-state index contributed by atoms with van der Waals surface area (Å²) in [5.74, 6) is -1.19. The van der Waals surface area contributed by atoms with Gasteiger partial charge in [-0.3, -0.25) is 19.8 Å². The topological polar surface area (TPSA) is 105 Å². The Morgan fingerprint density at radius 2 is 1.81 bits per heavy atom. The monoisotopic (exact) mass is 461 g/mol. The van der Waals surface area contributed by atoms with Crippen LogP contribution in [0.5, 0.6) is 0 Å². The summed E-state index contributed by atoms with van der Waals surface area (Å²) in [6.45, 7) is 7.94. The van der Waals surface area contributed by atoms with Crippen molar-refractivity contribution in [2.24, 2.45) is 5.92 Å². The normalized spacial score (nSPS) is 23.2. The summed E-state index contributed by atoms with van der Waals surface area (Å²) in [5, 5.41) is 3.43. The van der Waals surface area contributed by atoms with Crippen LogP contribution in [0.4, 0.5) is 4.79 Å². The third-order valence-electron chi connectivity index (χ3n) is 5.97. The minimum atomic E-state index is -0.938. The van der Waals surface area contributed by atoms with Gasteiger partial charge in [0.1, 0.15) is 5.54 Å². The Bertz CT molecular complexity index is 886. The van der Waals surface area contributed by atoms with E-state index in [0.29, 0.717) is 23.8 Å². The lowest BCUT2D eigenvalue weighted by atomic mass is 9.77. The second-order valence-corrected chi connectivity index (χ2v) is 10.6. The highest BCUT2D eigenvalue weighted by Gasteiger charge is 2.52. The molecule has 0 bridgehead atoms. The van der Waals surface area contributed by atoms with Crippen LogP contribution in [0.15, 0.2) is 29.2 Å². The minimum absolute atomic E-state index is 0.0482. The number of thioether (sulfide) groups is 1. The van der Waals surface area contributed by atoms with Gasteiger partial charge in [0.05, 0.1) is 5.75 Å². The van der Waals surface area contributed by atoms with E-state index in [4.69, 9.17) is 4.74 Å². The highest BCUT2D eigenvalue weighted by molar-refractivity contribution is 8.00. The predicted molar refractivity (Wildman–Crippen MR) is 121 cm³/mol. The number of carbonyl (C=O) groups excluding carboxylic acids is 4. The molecule has 8 nitrogen and oxygen atoms in total. The third kappa shape index (κ3) is 5.62. The van der Waals surface area contributed by atoms with E-state index in [1.807, 2.05) is 24.3 Å². The van der Waals surface area contributed by atoms with Crippen LogP contribution in [0.25, 0.3) is 0 Å². The molecule has 9 heteroatoms. The number of carbonyl (C=O) groups is 4. The summed E-state index contributed by atoms with van der Waals surface area (Å²) in [4.78, 5) is 50.0. The molecular weight excluding hydrogens is 430 g/mol. The first-order valence-electron chi connectivity index (χ1n) is 10.9. The smallest absolute Gasteiger partial charge is 0.344 e. The van der Waals surface area contributed by atoms with E-state index in [1.54, 1.807) is 0 Å². The Morgan fingerprint density at radius 3 is 2.41 bits per heavy atom. The number of ether oxygens (including phenoxy) is 1. The van der Waals surface area contributed by atoms with E-state index in [2.05, 4.69) is 38.4 Å². The van der Waals surface area contributed by atoms with E-state index in [0.717, 1.165) is 17.7 Å². The molecule has 1 saturated carbocycles. The lowest BCUT2D eigenvalue weighted by molar-refractivity contribution is -0.148. The van der Waals surface area contributed by atoms with Gasteiger partial charge in [0.15, 0.2) is 6.61 Å². The average Bonchev–Trinajstić information content (AvgIpc) is 2.97. The number of hydrogen-bond donors (Lipinski definition) is 2. The zero-order chi connectivity index (χ0) is 23.5. The quantitative estimate of drug-likeness (QED) is 0.383. The summed E-state index contributed by atoms with van der Waals surface area (Å²) in [5.41, 5.74) is 2.58. The van der Waals surface area contributed by atoms with Gasteiger partial charge >= 0.3 is 12.0 Å². The van der Waals surface area contributed by atoms with Crippen molar-refractivity contribution in [3.8, 4) is 0 Å². The van der Waals surface area contributed by atoms with Crippen molar-refractivity contribution < 1.29 is 23.9 Å². The SMILES string of the molecule is CC1CCC2(CC1)NC(=O)N(NC(=O)COC(=O)CSc1ccc(C(C)(C)C)cc1)C2=O. The first kappa shape index (κ1) is 24.1. The number of urea groups is 1. The van der Waals surface area contributed by atoms with E-state index < -0.39 is 36.0 Å². The fraction of sp³-hybridized carbons (Fsp3) is 0.565. The molecule has 1 aromatic carbocycles. The number of hydrogen-bond acceptors (Lipinski definition) is 6. The number of rotatable bonds is 6. The van der Waals surface area contributed by atoms with Crippen LogP contribution in [0.2, 0.25) is 0 Å². The summed E-state index contributed by atoms with van der Waals surface area (Å²) >= 11 is 1.31. The van der Waals surface area contributed by atoms with Crippen LogP contribution in [0.3, 0.4) is 0 Å². The fourth-order valence-corrected chi connectivity index (χ4v) is 4.55. The molecule has 1 aliphatic heterocycles. The first-order chi connectivity index (χ1) is 15.0. The fourth-order valence-electron chi connectivity index (χ4n) is 3.85. The van der Waals surface area contributed by atoms with Crippen molar-refractivity contribution in [2.45, 2.75) is 69.2 Å². The van der Waals surface area contributed by atoms with Gasteiger partial charge in [-0.2, -0.15) is 5.01 Å². The second-order valence-electron chi connectivity index (χ2n) is 9.59. The van der Waals surface area contributed by atoms with E-state index in [9.17, 15) is 19.2 Å². The predicted octanol–water partition coefficient (Wildman–Crippen LogP) is 3.15. The molecule has 1 heterocycles. The van der Waals surface area contributed by atoms with E-state index >= 15 is 0 Å². The molecule has 32 heavy (non-hydrogen) atoms. The molecule has 0 aromatic heterocycles. The lowest BCUT2D eigenvalue weighted by Gasteiger charge is -2.33. The van der Waals surface area contributed by atoms with Crippen molar-refractivity contribution in [1.29, 1.82) is 0 Å². The molecule has 2 N–H and O–H groups in total. The highest BCUT2D eigenvalue weighted by Crippen LogP contribution is 2.35. The number of imide groups is 1. The molecule has 1 saturated heterocycles. The molecule has 174 valence electrons. The average molecular weight is 462 g/mol. The Kier molecular flexibility index (Phi) is 7.17. The number of hydrazine groups is 1. The Hall–Kier alpha value is -2.55. The number of esters is 1. The molecular formula is C23H31N3O5S. The number of amides is 4. The van der Waals surface area contributed by atoms with Gasteiger partial charge < -0.3 is 10.1 Å². The molecule has 2 aliphatic rings. The molecule has 0 radical (unpaired) electrons. The zero-order valence-electron chi connectivity index (χ0n) is 19.0. The van der Waals surface area contributed by atoms with Crippen molar-refractivity contribution in [3.63, 3.8) is 0 Å². The lowest BCUT2D eigenvalue weighted by Crippen LogP contribution is -2.52. The largest absolute Gasteiger partial charge is 0.455 e. The van der Waals surface area contributed by atoms with Crippen LogP contribution >= 0.6 is 11.8 Å². The summed E-state index contributed by atoms with van der Waals surface area (Å²) in [6.07, 6.45) is 2.77. The first-order valence-corrected chi connectivity index (χ1v) is 11.8. The van der Waals surface area contributed by atoms with Crippen molar-refractivity contribution >= 4 is 35.6 Å². The highest BCUT2D eigenvalue weighted by atomic mass is 32.2. The van der Waals surface area contributed by atoms with E-state index in [-0.39, 0.29) is 11.2 Å². The van der Waals surface area contributed by atoms with Gasteiger partial charge in [-0.1, -0.05) is 39.8 Å². The molecule has 3 rings (SSSR count). The minimum Gasteiger partial charge on any atom is -0.455 e. The van der Waals surface area contributed by atoms with Crippen LogP contribution in [0, 0.1) is 5.92 Å². The number of nitrogens with zero attached hydrogens (tertiary/aromatic N) is 1.